The number of aliphatic carboxylic acids is 1. The van der Waals surface area contributed by atoms with Crippen LogP contribution in [-0.2, 0) is 4.79 Å². The maximum atomic E-state index is 11.2. The Morgan fingerprint density at radius 2 is 2.05 bits per heavy atom. The van der Waals surface area contributed by atoms with Crippen LogP contribution in [0, 0.1) is 17.0 Å². The van der Waals surface area contributed by atoms with Crippen molar-refractivity contribution in [1.29, 1.82) is 0 Å². The molecule has 2 rings (SSSR count). The van der Waals surface area contributed by atoms with E-state index in [2.05, 4.69) is 5.32 Å². The van der Waals surface area contributed by atoms with Gasteiger partial charge in [0.1, 0.15) is 0 Å². The third-order valence-electron chi connectivity index (χ3n) is 4.12. The van der Waals surface area contributed by atoms with Gasteiger partial charge in [-0.3, -0.25) is 14.9 Å². The monoisotopic (exact) mass is 292 g/mol. The van der Waals surface area contributed by atoms with Gasteiger partial charge in [0.15, 0.2) is 0 Å². The van der Waals surface area contributed by atoms with Gasteiger partial charge in [-0.1, -0.05) is 19.3 Å². The summed E-state index contributed by atoms with van der Waals surface area (Å²) in [6.45, 7) is 1.80. The van der Waals surface area contributed by atoms with Gasteiger partial charge >= 0.3 is 5.97 Å². The summed E-state index contributed by atoms with van der Waals surface area (Å²) in [7, 11) is 0. The first-order valence-corrected chi connectivity index (χ1v) is 7.17. The molecule has 6 nitrogen and oxygen atoms in total. The Bertz CT molecular complexity index is 551. The number of carbonyl (C=O) groups is 1. The number of hydrogen-bond donors (Lipinski definition) is 2. The molecule has 1 aromatic rings. The molecule has 1 aliphatic rings. The van der Waals surface area contributed by atoms with Crippen LogP contribution < -0.4 is 5.32 Å². The molecule has 1 aromatic carbocycles. The van der Waals surface area contributed by atoms with Gasteiger partial charge in [-0.05, 0) is 31.4 Å². The number of nitro benzene ring substituents is 1. The highest BCUT2D eigenvalue weighted by atomic mass is 16.6. The zero-order valence-corrected chi connectivity index (χ0v) is 12.1. The Hall–Kier alpha value is -2.11. The van der Waals surface area contributed by atoms with E-state index in [0.717, 1.165) is 43.4 Å². The number of nitrogens with zero attached hydrogens (tertiary/aromatic N) is 1. The molecule has 0 aliphatic heterocycles. The zero-order valence-electron chi connectivity index (χ0n) is 12.1. The Morgan fingerprint density at radius 3 is 2.57 bits per heavy atom. The predicted octanol–water partition coefficient (Wildman–Crippen LogP) is 3.49. The highest BCUT2D eigenvalue weighted by Crippen LogP contribution is 2.35. The third kappa shape index (κ3) is 3.71. The number of rotatable bonds is 5. The summed E-state index contributed by atoms with van der Waals surface area (Å²) in [5.41, 5.74) is 1.16. The van der Waals surface area contributed by atoms with Crippen molar-refractivity contribution in [3.8, 4) is 0 Å². The zero-order chi connectivity index (χ0) is 15.5. The lowest BCUT2D eigenvalue weighted by Gasteiger charge is -2.38. The summed E-state index contributed by atoms with van der Waals surface area (Å²) < 4.78 is 0. The number of nitro groups is 1. The van der Waals surface area contributed by atoms with Gasteiger partial charge < -0.3 is 10.4 Å². The predicted molar refractivity (Wildman–Crippen MR) is 79.5 cm³/mol. The first-order chi connectivity index (χ1) is 9.92. The second kappa shape index (κ2) is 6.11. The Balaban J connectivity index is 2.24. The van der Waals surface area contributed by atoms with Gasteiger partial charge in [0.2, 0.25) is 0 Å². The van der Waals surface area contributed by atoms with Crippen LogP contribution in [0.5, 0.6) is 0 Å². The van der Waals surface area contributed by atoms with Gasteiger partial charge in [-0.15, -0.1) is 0 Å². The Labute approximate surface area is 123 Å². The lowest BCUT2D eigenvalue weighted by atomic mass is 9.79. The number of anilines is 1. The minimum atomic E-state index is -0.816. The van der Waals surface area contributed by atoms with Crippen molar-refractivity contribution >= 4 is 17.3 Å². The number of aryl methyl sites for hydroxylation is 1. The molecular weight excluding hydrogens is 272 g/mol. The minimum Gasteiger partial charge on any atom is -0.481 e. The highest BCUT2D eigenvalue weighted by molar-refractivity contribution is 5.70. The molecule has 0 unspecified atom stereocenters. The first kappa shape index (κ1) is 15.3. The van der Waals surface area contributed by atoms with Gasteiger partial charge in [-0.2, -0.15) is 0 Å². The molecule has 0 spiro atoms. The molecular formula is C15H20N2O4. The topological polar surface area (TPSA) is 92.5 Å². The average molecular weight is 292 g/mol. The number of carboxylic acids is 1. The quantitative estimate of drug-likeness (QED) is 0.640. The normalized spacial score (nSPS) is 17.2. The van der Waals surface area contributed by atoms with Crippen molar-refractivity contribution in [3.05, 3.63) is 33.9 Å². The molecule has 0 aromatic heterocycles. The molecule has 21 heavy (non-hydrogen) atoms. The largest absolute Gasteiger partial charge is 0.481 e. The lowest BCUT2D eigenvalue weighted by molar-refractivity contribution is -0.384. The molecule has 1 fully saturated rings. The van der Waals surface area contributed by atoms with Crippen LogP contribution in [0.25, 0.3) is 0 Å². The summed E-state index contributed by atoms with van der Waals surface area (Å²) in [5, 5.41) is 23.3. The maximum absolute atomic E-state index is 11.2. The van der Waals surface area contributed by atoms with Crippen LogP contribution >= 0.6 is 0 Å². The smallest absolute Gasteiger partial charge is 0.305 e. The fourth-order valence-electron chi connectivity index (χ4n) is 3.05. The van der Waals surface area contributed by atoms with E-state index in [0.29, 0.717) is 0 Å². The standard InChI is InChI=1S/C15H20N2O4/c1-11-9-12(17(20)21)5-6-13(11)16-15(10-14(18)19)7-3-2-4-8-15/h5-6,9,16H,2-4,7-8,10H2,1H3,(H,18,19). The van der Waals surface area contributed by atoms with Crippen LogP contribution in [-0.4, -0.2) is 21.5 Å². The van der Waals surface area contributed by atoms with Gasteiger partial charge in [0.05, 0.1) is 11.3 Å². The number of non-ortho nitro benzene ring substituents is 1. The van der Waals surface area contributed by atoms with Gasteiger partial charge in [0.25, 0.3) is 5.69 Å². The summed E-state index contributed by atoms with van der Waals surface area (Å²) in [4.78, 5) is 21.5. The van der Waals surface area contributed by atoms with Crippen molar-refractivity contribution in [1.82, 2.24) is 0 Å². The van der Waals surface area contributed by atoms with E-state index in [4.69, 9.17) is 5.11 Å². The van der Waals surface area contributed by atoms with Gasteiger partial charge in [0, 0.05) is 23.4 Å². The van der Waals surface area contributed by atoms with Crippen molar-refractivity contribution < 1.29 is 14.8 Å². The van der Waals surface area contributed by atoms with Crippen LogP contribution in [0.4, 0.5) is 11.4 Å². The summed E-state index contributed by atoms with van der Waals surface area (Å²) in [6, 6.07) is 4.64. The minimum absolute atomic E-state index is 0.0500. The second-order valence-corrected chi connectivity index (χ2v) is 5.79. The van der Waals surface area contributed by atoms with Crippen LogP contribution in [0.1, 0.15) is 44.1 Å². The van der Waals surface area contributed by atoms with Crippen molar-refractivity contribution in [2.45, 2.75) is 51.0 Å². The Kier molecular flexibility index (Phi) is 4.45. The van der Waals surface area contributed by atoms with Crippen LogP contribution in [0.3, 0.4) is 0 Å². The van der Waals surface area contributed by atoms with Crippen molar-refractivity contribution in [2.75, 3.05) is 5.32 Å². The number of carboxylic acid groups (broad SMARTS) is 1. The summed E-state index contributed by atoms with van der Waals surface area (Å²) in [5.74, 6) is -0.816. The molecule has 1 saturated carbocycles. The lowest BCUT2D eigenvalue weighted by Crippen LogP contribution is -2.42. The molecule has 0 atom stereocenters. The molecule has 0 bridgehead atoms. The molecule has 0 heterocycles. The SMILES string of the molecule is Cc1cc([N+](=O)[O-])ccc1NC1(CC(=O)O)CCCCC1. The molecule has 0 saturated heterocycles. The highest BCUT2D eigenvalue weighted by Gasteiger charge is 2.34. The van der Waals surface area contributed by atoms with Crippen LogP contribution in [0.15, 0.2) is 18.2 Å². The maximum Gasteiger partial charge on any atom is 0.305 e. The van der Waals surface area contributed by atoms with Crippen LogP contribution in [0.2, 0.25) is 0 Å². The molecule has 6 heteroatoms. The second-order valence-electron chi connectivity index (χ2n) is 5.79. The fraction of sp³-hybridized carbons (Fsp3) is 0.533. The van der Waals surface area contributed by atoms with E-state index in [1.54, 1.807) is 13.0 Å². The van der Waals surface area contributed by atoms with E-state index in [1.807, 2.05) is 0 Å². The average Bonchev–Trinajstić information content (AvgIpc) is 2.41. The molecule has 114 valence electrons. The van der Waals surface area contributed by atoms with E-state index < -0.39 is 16.4 Å². The molecule has 0 radical (unpaired) electrons. The number of hydrogen-bond acceptors (Lipinski definition) is 4. The fourth-order valence-corrected chi connectivity index (χ4v) is 3.05. The Morgan fingerprint density at radius 1 is 1.38 bits per heavy atom. The van der Waals surface area contributed by atoms with E-state index in [-0.39, 0.29) is 12.1 Å². The number of benzene rings is 1. The third-order valence-corrected chi connectivity index (χ3v) is 4.12. The molecule has 1 aliphatic carbocycles. The number of nitrogens with one attached hydrogen (secondary N) is 1. The first-order valence-electron chi connectivity index (χ1n) is 7.17. The molecule has 2 N–H and O–H groups in total. The summed E-state index contributed by atoms with van der Waals surface area (Å²) >= 11 is 0. The van der Waals surface area contributed by atoms with E-state index in [1.165, 1.54) is 12.1 Å². The summed E-state index contributed by atoms with van der Waals surface area (Å²) in [6.07, 6.45) is 4.84. The van der Waals surface area contributed by atoms with Gasteiger partial charge in [-0.25, -0.2) is 0 Å². The van der Waals surface area contributed by atoms with E-state index in [9.17, 15) is 14.9 Å². The van der Waals surface area contributed by atoms with Crippen molar-refractivity contribution in [2.24, 2.45) is 0 Å². The van der Waals surface area contributed by atoms with E-state index >= 15 is 0 Å². The molecule has 0 amide bonds. The van der Waals surface area contributed by atoms with Crippen molar-refractivity contribution in [3.63, 3.8) is 0 Å².